The van der Waals surface area contributed by atoms with Gasteiger partial charge in [-0.1, -0.05) is 11.8 Å². The topological polar surface area (TPSA) is 89.0 Å². The Bertz CT molecular complexity index is 575. The number of H-pyrrole nitrogens is 1. The van der Waals surface area contributed by atoms with Crippen molar-refractivity contribution in [3.63, 3.8) is 0 Å². The zero-order valence-corrected chi connectivity index (χ0v) is 13.5. The number of carbonyl (C=O) groups excluding carboxylic acids is 1. The summed E-state index contributed by atoms with van der Waals surface area (Å²) < 4.78 is 7.13. The maximum atomic E-state index is 11.9. The quantitative estimate of drug-likeness (QED) is 0.722. The van der Waals surface area contributed by atoms with Crippen molar-refractivity contribution in [1.82, 2.24) is 20.1 Å². The van der Waals surface area contributed by atoms with E-state index in [0.717, 1.165) is 19.4 Å². The number of thioether (sulfide) groups is 1. The van der Waals surface area contributed by atoms with Crippen LogP contribution in [0.25, 0.3) is 0 Å². The van der Waals surface area contributed by atoms with E-state index in [2.05, 4.69) is 15.5 Å². The van der Waals surface area contributed by atoms with Crippen LogP contribution >= 0.6 is 11.8 Å². The van der Waals surface area contributed by atoms with E-state index in [9.17, 15) is 9.59 Å². The lowest BCUT2D eigenvalue weighted by Gasteiger charge is -2.13. The Morgan fingerprint density at radius 1 is 1.55 bits per heavy atom. The molecule has 0 spiro atoms. The molecular formula is C14H22N4O3S. The van der Waals surface area contributed by atoms with Crippen LogP contribution < -0.4 is 11.0 Å². The number of nitrogens with zero attached hydrogens (tertiary/aromatic N) is 2. The van der Waals surface area contributed by atoms with Crippen LogP contribution in [0.4, 0.5) is 0 Å². The molecule has 1 aromatic heterocycles. The maximum absolute atomic E-state index is 11.9. The minimum absolute atomic E-state index is 0.0106. The normalized spacial score (nSPS) is 22.7. The van der Waals surface area contributed by atoms with Crippen molar-refractivity contribution >= 4 is 17.7 Å². The van der Waals surface area contributed by atoms with E-state index in [1.165, 1.54) is 24.6 Å². The summed E-state index contributed by atoms with van der Waals surface area (Å²) in [4.78, 5) is 23.8. The molecule has 3 rings (SSSR count). The van der Waals surface area contributed by atoms with Gasteiger partial charge < -0.3 is 10.1 Å². The van der Waals surface area contributed by atoms with Gasteiger partial charge in [-0.15, -0.1) is 5.10 Å². The predicted octanol–water partition coefficient (Wildman–Crippen LogP) is 0.757. The van der Waals surface area contributed by atoms with Crippen LogP contribution in [-0.4, -0.2) is 45.2 Å². The van der Waals surface area contributed by atoms with Crippen LogP contribution in [-0.2, 0) is 16.1 Å². The van der Waals surface area contributed by atoms with Gasteiger partial charge in [-0.2, -0.15) is 0 Å². The highest BCUT2D eigenvalue weighted by atomic mass is 32.2. The zero-order valence-electron chi connectivity index (χ0n) is 12.7. The van der Waals surface area contributed by atoms with Gasteiger partial charge in [-0.25, -0.2) is 9.89 Å². The number of hydrogen-bond donors (Lipinski definition) is 2. The molecule has 22 heavy (non-hydrogen) atoms. The molecule has 2 heterocycles. The first-order valence-electron chi connectivity index (χ1n) is 7.82. The van der Waals surface area contributed by atoms with Crippen LogP contribution in [0.1, 0.15) is 32.6 Å². The second-order valence-corrected chi connectivity index (χ2v) is 6.98. The summed E-state index contributed by atoms with van der Waals surface area (Å²) in [5.41, 5.74) is -0.246. The Hall–Kier alpha value is -1.28. The summed E-state index contributed by atoms with van der Waals surface area (Å²) in [5, 5.41) is 10.0. The van der Waals surface area contributed by atoms with Gasteiger partial charge >= 0.3 is 5.69 Å². The molecule has 2 N–H and O–H groups in total. The van der Waals surface area contributed by atoms with Crippen LogP contribution in [0.2, 0.25) is 0 Å². The Kier molecular flexibility index (Phi) is 4.87. The van der Waals surface area contributed by atoms with Crippen molar-refractivity contribution in [3.05, 3.63) is 10.5 Å². The second kappa shape index (κ2) is 6.87. The molecule has 0 bridgehead atoms. The van der Waals surface area contributed by atoms with Crippen molar-refractivity contribution in [1.29, 1.82) is 0 Å². The molecule has 8 heteroatoms. The molecule has 7 nitrogen and oxygen atoms in total. The molecular weight excluding hydrogens is 304 g/mol. The summed E-state index contributed by atoms with van der Waals surface area (Å²) in [6, 6.07) is 0.237. The molecule has 0 aromatic carbocycles. The molecule has 2 aliphatic rings. The fourth-order valence-corrected chi connectivity index (χ4v) is 3.47. The highest BCUT2D eigenvalue weighted by Gasteiger charge is 2.29. The van der Waals surface area contributed by atoms with Gasteiger partial charge in [0, 0.05) is 12.6 Å². The molecule has 0 radical (unpaired) electrons. The SMILES string of the molecule is CC(NC(=O)CSc1n[nH]c(=O)n1CC1CCCO1)C1CC1. The smallest absolute Gasteiger partial charge is 0.344 e. The highest BCUT2D eigenvalue weighted by molar-refractivity contribution is 7.99. The van der Waals surface area contributed by atoms with Crippen molar-refractivity contribution < 1.29 is 9.53 Å². The lowest BCUT2D eigenvalue weighted by atomic mass is 10.2. The lowest BCUT2D eigenvalue weighted by Crippen LogP contribution is -2.35. The number of amides is 1. The van der Waals surface area contributed by atoms with Crippen molar-refractivity contribution in [3.8, 4) is 0 Å². The standard InChI is InChI=1S/C14H22N4O3S/c1-9(10-4-5-10)15-12(19)8-22-14-17-16-13(20)18(14)7-11-3-2-6-21-11/h9-11H,2-8H2,1H3,(H,15,19)(H,16,20). The fraction of sp³-hybridized carbons (Fsp3) is 0.786. The summed E-state index contributed by atoms with van der Waals surface area (Å²) >= 11 is 1.29. The van der Waals surface area contributed by atoms with Crippen molar-refractivity contribution in [2.75, 3.05) is 12.4 Å². The molecule has 122 valence electrons. The van der Waals surface area contributed by atoms with E-state index in [-0.39, 0.29) is 29.5 Å². The molecule has 1 aliphatic heterocycles. The molecule has 1 aliphatic carbocycles. The monoisotopic (exact) mass is 326 g/mol. The largest absolute Gasteiger partial charge is 0.376 e. The third-order valence-electron chi connectivity index (χ3n) is 4.18. The summed E-state index contributed by atoms with van der Waals surface area (Å²) in [6.07, 6.45) is 4.46. The number of carbonyl (C=O) groups is 1. The van der Waals surface area contributed by atoms with Crippen molar-refractivity contribution in [2.24, 2.45) is 5.92 Å². The van der Waals surface area contributed by atoms with Gasteiger partial charge in [0.1, 0.15) is 0 Å². The van der Waals surface area contributed by atoms with Gasteiger partial charge in [0.2, 0.25) is 5.91 Å². The molecule has 1 saturated heterocycles. The van der Waals surface area contributed by atoms with Gasteiger partial charge in [-0.3, -0.25) is 9.36 Å². The van der Waals surface area contributed by atoms with Crippen LogP contribution in [0, 0.1) is 5.92 Å². The van der Waals surface area contributed by atoms with E-state index < -0.39 is 0 Å². The first-order valence-corrected chi connectivity index (χ1v) is 8.81. The average Bonchev–Trinajstić information content (AvgIpc) is 3.13. The van der Waals surface area contributed by atoms with Gasteiger partial charge in [0.05, 0.1) is 18.4 Å². The van der Waals surface area contributed by atoms with Crippen molar-refractivity contribution in [2.45, 2.75) is 56.5 Å². The van der Waals surface area contributed by atoms with E-state index in [4.69, 9.17) is 4.74 Å². The number of aromatic amines is 1. The molecule has 1 aromatic rings. The maximum Gasteiger partial charge on any atom is 0.344 e. The molecule has 1 saturated carbocycles. The number of hydrogen-bond acceptors (Lipinski definition) is 5. The van der Waals surface area contributed by atoms with E-state index >= 15 is 0 Å². The number of ether oxygens (including phenoxy) is 1. The van der Waals surface area contributed by atoms with E-state index in [1.807, 2.05) is 6.92 Å². The number of aromatic nitrogens is 3. The Labute approximate surface area is 133 Å². The van der Waals surface area contributed by atoms with E-state index in [0.29, 0.717) is 17.6 Å². The van der Waals surface area contributed by atoms with Crippen LogP contribution in [0.15, 0.2) is 9.95 Å². The van der Waals surface area contributed by atoms with Gasteiger partial charge in [0.25, 0.3) is 0 Å². The number of nitrogens with one attached hydrogen (secondary N) is 2. The zero-order chi connectivity index (χ0) is 15.5. The minimum atomic E-state index is -0.246. The fourth-order valence-electron chi connectivity index (χ4n) is 2.71. The first kappa shape index (κ1) is 15.6. The second-order valence-electron chi connectivity index (χ2n) is 6.04. The Morgan fingerprint density at radius 3 is 3.05 bits per heavy atom. The molecule has 2 fully saturated rings. The third-order valence-corrected chi connectivity index (χ3v) is 5.16. The molecule has 2 atom stereocenters. The summed E-state index contributed by atoms with van der Waals surface area (Å²) in [6.45, 7) is 3.29. The first-order chi connectivity index (χ1) is 10.6. The summed E-state index contributed by atoms with van der Waals surface area (Å²) in [7, 11) is 0. The van der Waals surface area contributed by atoms with Gasteiger partial charge in [-0.05, 0) is 38.5 Å². The number of rotatable bonds is 7. The Balaban J connectivity index is 1.53. The summed E-state index contributed by atoms with van der Waals surface area (Å²) in [5.74, 6) is 0.896. The molecule has 1 amide bonds. The van der Waals surface area contributed by atoms with Gasteiger partial charge in [0.15, 0.2) is 5.16 Å². The average molecular weight is 326 g/mol. The lowest BCUT2D eigenvalue weighted by molar-refractivity contribution is -0.119. The minimum Gasteiger partial charge on any atom is -0.376 e. The molecule has 2 unspecified atom stereocenters. The highest BCUT2D eigenvalue weighted by Crippen LogP contribution is 2.32. The predicted molar refractivity (Wildman–Crippen MR) is 82.9 cm³/mol. The van der Waals surface area contributed by atoms with E-state index in [1.54, 1.807) is 4.57 Å². The third kappa shape index (κ3) is 3.92. The van der Waals surface area contributed by atoms with Crippen LogP contribution in [0.3, 0.4) is 0 Å². The Morgan fingerprint density at radius 2 is 2.36 bits per heavy atom. The van der Waals surface area contributed by atoms with Crippen LogP contribution in [0.5, 0.6) is 0 Å².